The Labute approximate surface area is 155 Å². The van der Waals surface area contributed by atoms with Gasteiger partial charge in [-0.3, -0.25) is 14.8 Å². The van der Waals surface area contributed by atoms with Crippen LogP contribution in [0.2, 0.25) is 0 Å². The molecule has 0 unspecified atom stereocenters. The van der Waals surface area contributed by atoms with E-state index in [0.717, 1.165) is 6.08 Å². The number of rotatable bonds is 5. The summed E-state index contributed by atoms with van der Waals surface area (Å²) in [4.78, 5) is 23.2. The molecule has 1 aliphatic heterocycles. The first-order valence-corrected chi connectivity index (χ1v) is 7.81. The average molecular weight is 363 g/mol. The third kappa shape index (κ3) is 4.53. The fourth-order valence-electron chi connectivity index (χ4n) is 2.30. The van der Waals surface area contributed by atoms with E-state index in [1.165, 1.54) is 17.8 Å². The van der Waals surface area contributed by atoms with Gasteiger partial charge in [0, 0.05) is 11.6 Å². The Kier molecular flexibility index (Phi) is 5.53. The topological polar surface area (TPSA) is 109 Å². The van der Waals surface area contributed by atoms with Gasteiger partial charge < -0.3 is 9.47 Å². The molecule has 0 spiro atoms. The van der Waals surface area contributed by atoms with Crippen LogP contribution in [0.5, 0.6) is 11.5 Å². The third-order valence-corrected chi connectivity index (χ3v) is 3.63. The Hall–Kier alpha value is -3.59. The maximum atomic E-state index is 12.2. The SMILES string of the molecule is [B]c1cc2c(cc1/C=N/NC(=O)c1cccc(/C=C/C(=O)NO)c1)OCO2. The van der Waals surface area contributed by atoms with E-state index in [4.69, 9.17) is 22.5 Å². The number of hydrogen-bond acceptors (Lipinski definition) is 6. The van der Waals surface area contributed by atoms with Gasteiger partial charge in [-0.05, 0) is 41.5 Å². The fraction of sp³-hybridized carbons (Fsp3) is 0.0556. The van der Waals surface area contributed by atoms with Crippen molar-refractivity contribution in [3.63, 3.8) is 0 Å². The Morgan fingerprint density at radius 2 is 1.96 bits per heavy atom. The third-order valence-electron chi connectivity index (χ3n) is 3.63. The van der Waals surface area contributed by atoms with Crippen LogP contribution in [0, 0.1) is 0 Å². The number of fused-ring (bicyclic) bond motifs is 1. The van der Waals surface area contributed by atoms with Crippen molar-refractivity contribution in [2.75, 3.05) is 6.79 Å². The van der Waals surface area contributed by atoms with Gasteiger partial charge in [-0.2, -0.15) is 5.10 Å². The molecule has 0 aliphatic carbocycles. The highest BCUT2D eigenvalue weighted by Gasteiger charge is 2.14. The van der Waals surface area contributed by atoms with Crippen molar-refractivity contribution < 1.29 is 24.3 Å². The summed E-state index contributed by atoms with van der Waals surface area (Å²) in [6, 6.07) is 9.83. The molecule has 0 saturated carbocycles. The van der Waals surface area contributed by atoms with Gasteiger partial charge in [0.15, 0.2) is 11.5 Å². The first-order chi connectivity index (χ1) is 13.1. The molecule has 3 rings (SSSR count). The van der Waals surface area contributed by atoms with E-state index < -0.39 is 11.8 Å². The molecule has 2 aromatic carbocycles. The van der Waals surface area contributed by atoms with E-state index in [0.29, 0.717) is 33.7 Å². The maximum Gasteiger partial charge on any atom is 0.271 e. The number of ether oxygens (including phenoxy) is 2. The summed E-state index contributed by atoms with van der Waals surface area (Å²) in [6.07, 6.45) is 4.00. The van der Waals surface area contributed by atoms with Gasteiger partial charge in [0.2, 0.25) is 6.79 Å². The molecule has 0 atom stereocenters. The van der Waals surface area contributed by atoms with Gasteiger partial charge >= 0.3 is 0 Å². The highest BCUT2D eigenvalue weighted by atomic mass is 16.7. The molecular formula is C18H14BN3O5. The zero-order valence-electron chi connectivity index (χ0n) is 14.0. The van der Waals surface area contributed by atoms with Crippen LogP contribution in [0.3, 0.4) is 0 Å². The summed E-state index contributed by atoms with van der Waals surface area (Å²) in [5.74, 6) is 0.0139. The minimum Gasteiger partial charge on any atom is -0.454 e. The summed E-state index contributed by atoms with van der Waals surface area (Å²) in [5.41, 5.74) is 5.85. The quantitative estimate of drug-likeness (QED) is 0.236. The van der Waals surface area contributed by atoms with Gasteiger partial charge in [-0.1, -0.05) is 17.6 Å². The summed E-state index contributed by atoms with van der Waals surface area (Å²) < 4.78 is 10.5. The zero-order valence-corrected chi connectivity index (χ0v) is 14.0. The molecule has 1 aliphatic rings. The molecule has 2 aromatic rings. The molecule has 1 heterocycles. The molecule has 3 N–H and O–H groups in total. The van der Waals surface area contributed by atoms with E-state index in [9.17, 15) is 9.59 Å². The molecule has 27 heavy (non-hydrogen) atoms. The smallest absolute Gasteiger partial charge is 0.271 e. The van der Waals surface area contributed by atoms with E-state index in [1.54, 1.807) is 36.4 Å². The molecule has 9 heteroatoms. The van der Waals surface area contributed by atoms with E-state index in [-0.39, 0.29) is 6.79 Å². The highest BCUT2D eigenvalue weighted by Crippen LogP contribution is 2.30. The van der Waals surface area contributed by atoms with Gasteiger partial charge in [0.1, 0.15) is 7.85 Å². The molecule has 8 nitrogen and oxygen atoms in total. The van der Waals surface area contributed by atoms with Crippen molar-refractivity contribution >= 4 is 37.4 Å². The highest BCUT2D eigenvalue weighted by molar-refractivity contribution is 6.35. The molecule has 0 aromatic heterocycles. The van der Waals surface area contributed by atoms with Crippen molar-refractivity contribution in [3.05, 3.63) is 59.2 Å². The fourth-order valence-corrected chi connectivity index (χ4v) is 2.30. The normalized spacial score (nSPS) is 12.5. The van der Waals surface area contributed by atoms with E-state index >= 15 is 0 Å². The van der Waals surface area contributed by atoms with E-state index in [1.807, 2.05) is 0 Å². The molecule has 2 amide bonds. The van der Waals surface area contributed by atoms with Crippen molar-refractivity contribution in [3.8, 4) is 11.5 Å². The van der Waals surface area contributed by atoms with Crippen LogP contribution in [0.15, 0.2) is 47.6 Å². The van der Waals surface area contributed by atoms with Crippen LogP contribution in [0.4, 0.5) is 0 Å². The lowest BCUT2D eigenvalue weighted by molar-refractivity contribution is -0.124. The number of benzene rings is 2. The predicted octanol–water partition coefficient (Wildman–Crippen LogP) is 0.492. The molecule has 0 fully saturated rings. The van der Waals surface area contributed by atoms with Crippen LogP contribution in [0.1, 0.15) is 21.5 Å². The first kappa shape index (κ1) is 18.2. The monoisotopic (exact) mass is 363 g/mol. The Balaban J connectivity index is 1.67. The van der Waals surface area contributed by atoms with Crippen molar-refractivity contribution in [2.45, 2.75) is 0 Å². The number of amides is 2. The van der Waals surface area contributed by atoms with Crippen molar-refractivity contribution in [1.82, 2.24) is 10.9 Å². The van der Waals surface area contributed by atoms with Crippen molar-refractivity contribution in [2.24, 2.45) is 5.10 Å². The molecule has 0 bridgehead atoms. The number of nitrogens with one attached hydrogen (secondary N) is 2. The van der Waals surface area contributed by atoms with Crippen LogP contribution in [-0.4, -0.2) is 37.9 Å². The minimum atomic E-state index is -0.671. The van der Waals surface area contributed by atoms with Crippen molar-refractivity contribution in [1.29, 1.82) is 0 Å². The standard InChI is InChI=1S/C18H14BN3O5/c19-14-8-16-15(26-10-27-16)7-13(14)9-20-21-18(24)12-3-1-2-11(6-12)4-5-17(23)22-25/h1-9,25H,10H2,(H,21,24)(H,22,23)/b5-4+,20-9+. The zero-order chi connectivity index (χ0) is 19.2. The Morgan fingerprint density at radius 3 is 2.74 bits per heavy atom. The number of hydroxylamine groups is 1. The van der Waals surface area contributed by atoms with Crippen LogP contribution < -0.4 is 25.8 Å². The van der Waals surface area contributed by atoms with Crippen LogP contribution in [0.25, 0.3) is 6.08 Å². The van der Waals surface area contributed by atoms with Gasteiger partial charge in [0.25, 0.3) is 11.8 Å². The van der Waals surface area contributed by atoms with Crippen LogP contribution >= 0.6 is 0 Å². The number of carbonyl (C=O) groups is 2. The summed E-state index contributed by atoms with van der Waals surface area (Å²) in [6.45, 7) is 0.136. The second-order valence-electron chi connectivity index (χ2n) is 5.47. The Bertz CT molecular complexity index is 943. The van der Waals surface area contributed by atoms with E-state index in [2.05, 4.69) is 10.5 Å². The molecule has 134 valence electrons. The largest absolute Gasteiger partial charge is 0.454 e. The Morgan fingerprint density at radius 1 is 1.19 bits per heavy atom. The van der Waals surface area contributed by atoms with Gasteiger partial charge in [-0.15, -0.1) is 0 Å². The molecule has 0 saturated heterocycles. The van der Waals surface area contributed by atoms with Crippen LogP contribution in [-0.2, 0) is 4.79 Å². The number of hydrogen-bond donors (Lipinski definition) is 3. The predicted molar refractivity (Wildman–Crippen MR) is 98.4 cm³/mol. The lowest BCUT2D eigenvalue weighted by Gasteiger charge is -2.04. The average Bonchev–Trinajstić information content (AvgIpc) is 3.13. The van der Waals surface area contributed by atoms with Gasteiger partial charge in [-0.25, -0.2) is 10.9 Å². The lowest BCUT2D eigenvalue weighted by atomic mass is 9.90. The van der Waals surface area contributed by atoms with Gasteiger partial charge in [0.05, 0.1) is 6.21 Å². The molecule has 2 radical (unpaired) electrons. The minimum absolute atomic E-state index is 0.136. The number of hydrazone groups is 1. The second-order valence-corrected chi connectivity index (χ2v) is 5.47. The second kappa shape index (κ2) is 8.20. The maximum absolute atomic E-state index is 12.2. The summed E-state index contributed by atoms with van der Waals surface area (Å²) >= 11 is 0. The number of carbonyl (C=O) groups excluding carboxylic acids is 2. The molecular weight excluding hydrogens is 349 g/mol. The summed E-state index contributed by atoms with van der Waals surface area (Å²) in [7, 11) is 5.91. The first-order valence-electron chi connectivity index (χ1n) is 7.81. The summed E-state index contributed by atoms with van der Waals surface area (Å²) in [5, 5.41) is 12.4. The lowest BCUT2D eigenvalue weighted by Crippen LogP contribution is -2.19. The number of nitrogens with zero attached hydrogens (tertiary/aromatic N) is 1.